The summed E-state index contributed by atoms with van der Waals surface area (Å²) in [5, 5.41) is -0.305. The van der Waals surface area contributed by atoms with Gasteiger partial charge in [0.25, 0.3) is 10.0 Å². The number of anilines is 1. The minimum Gasteiger partial charge on any atom is -0.279 e. The van der Waals surface area contributed by atoms with Crippen molar-refractivity contribution in [2.75, 3.05) is 4.31 Å². The lowest BCUT2D eigenvalue weighted by atomic mass is 10.3. The van der Waals surface area contributed by atoms with Crippen LogP contribution in [0.25, 0.3) is 0 Å². The Balaban J connectivity index is 2.59. The number of rotatable bonds is 5. The molecule has 2 aromatic rings. The van der Waals surface area contributed by atoms with E-state index in [2.05, 4.69) is 0 Å². The third-order valence-corrected chi connectivity index (χ3v) is 5.54. The van der Waals surface area contributed by atoms with Gasteiger partial charge < -0.3 is 0 Å². The molecule has 0 fully saturated rings. The maximum atomic E-state index is 12.8. The third kappa shape index (κ3) is 3.43. The topological polar surface area (TPSA) is 54.5 Å². The molecule has 0 saturated heterocycles. The average molecular weight is 358 g/mol. The lowest BCUT2D eigenvalue weighted by Gasteiger charge is -2.28. The van der Waals surface area contributed by atoms with E-state index in [-0.39, 0.29) is 4.90 Å². The summed E-state index contributed by atoms with van der Waals surface area (Å²) in [7, 11) is -3.93. The van der Waals surface area contributed by atoms with Crippen LogP contribution in [0.5, 0.6) is 0 Å². The quantitative estimate of drug-likeness (QED) is 0.766. The van der Waals surface area contributed by atoms with E-state index in [0.717, 1.165) is 4.31 Å². The van der Waals surface area contributed by atoms with Crippen LogP contribution in [-0.2, 0) is 14.8 Å². The molecular weight excluding hydrogens is 345 g/mol. The molecule has 1 atom stereocenters. The van der Waals surface area contributed by atoms with Gasteiger partial charge in [0, 0.05) is 5.02 Å². The smallest absolute Gasteiger partial charge is 0.265 e. The first-order valence-electron chi connectivity index (χ1n) is 6.38. The van der Waals surface area contributed by atoms with Crippen molar-refractivity contribution < 1.29 is 13.2 Å². The molecule has 0 N–H and O–H groups in total. The highest BCUT2D eigenvalue weighted by Crippen LogP contribution is 2.28. The van der Waals surface area contributed by atoms with Crippen LogP contribution >= 0.6 is 23.2 Å². The molecule has 0 amide bonds. The fraction of sp³-hybridized carbons (Fsp3) is 0.133. The summed E-state index contributed by atoms with van der Waals surface area (Å²) < 4.78 is 26.7. The van der Waals surface area contributed by atoms with Crippen LogP contribution in [0, 0.1) is 0 Å². The fourth-order valence-corrected chi connectivity index (χ4v) is 3.88. The minimum absolute atomic E-state index is 0.0784. The van der Waals surface area contributed by atoms with Gasteiger partial charge in [-0.25, -0.2) is 8.42 Å². The van der Waals surface area contributed by atoms with E-state index < -0.39 is 21.3 Å². The van der Waals surface area contributed by atoms with Crippen molar-refractivity contribution in [3.05, 3.63) is 59.6 Å². The number of carbonyl (C=O) groups excluding carboxylic acids is 1. The van der Waals surface area contributed by atoms with Crippen molar-refractivity contribution in [2.45, 2.75) is 17.9 Å². The van der Waals surface area contributed by atoms with Crippen molar-refractivity contribution in [1.29, 1.82) is 0 Å². The summed E-state index contributed by atoms with van der Waals surface area (Å²) >= 11 is 11.4. The highest BCUT2D eigenvalue weighted by molar-refractivity contribution is 7.93. The Morgan fingerprint density at radius 2 is 1.59 bits per heavy atom. The van der Waals surface area contributed by atoms with Gasteiger partial charge in [-0.3, -0.25) is 9.10 Å². The summed E-state index contributed by atoms with van der Waals surface area (Å²) in [4.78, 5) is 11.6. The van der Waals surface area contributed by atoms with Gasteiger partial charge in [-0.15, -0.1) is 0 Å². The van der Waals surface area contributed by atoms with E-state index in [9.17, 15) is 13.2 Å². The molecule has 0 radical (unpaired) electrons. The van der Waals surface area contributed by atoms with Crippen molar-refractivity contribution in [3.8, 4) is 0 Å². The third-order valence-electron chi connectivity index (χ3n) is 3.06. The first kappa shape index (κ1) is 16.8. The SMILES string of the molecule is CC(C(=O)Cl)N(c1ccc(Cl)cc1)S(=O)(=O)c1ccccc1. The number of nitrogens with zero attached hydrogens (tertiary/aromatic N) is 1. The molecule has 0 saturated carbocycles. The van der Waals surface area contributed by atoms with Gasteiger partial charge in [-0.2, -0.15) is 0 Å². The number of benzene rings is 2. The molecule has 0 aromatic heterocycles. The zero-order valence-electron chi connectivity index (χ0n) is 11.6. The van der Waals surface area contributed by atoms with Crippen LogP contribution < -0.4 is 4.31 Å². The summed E-state index contributed by atoms with van der Waals surface area (Å²) in [6.45, 7) is 1.43. The highest BCUT2D eigenvalue weighted by atomic mass is 35.5. The second kappa shape index (κ2) is 6.69. The van der Waals surface area contributed by atoms with E-state index >= 15 is 0 Å². The molecule has 2 aromatic carbocycles. The minimum atomic E-state index is -3.93. The second-order valence-corrected chi connectivity index (χ2v) is 7.19. The molecule has 22 heavy (non-hydrogen) atoms. The van der Waals surface area contributed by atoms with Crippen LogP contribution in [0.1, 0.15) is 6.92 Å². The zero-order valence-corrected chi connectivity index (χ0v) is 13.9. The number of carbonyl (C=O) groups is 1. The van der Waals surface area contributed by atoms with Crippen molar-refractivity contribution in [2.24, 2.45) is 0 Å². The molecule has 116 valence electrons. The van der Waals surface area contributed by atoms with Crippen LogP contribution in [0.15, 0.2) is 59.5 Å². The van der Waals surface area contributed by atoms with Gasteiger partial charge in [0.05, 0.1) is 10.6 Å². The molecule has 7 heteroatoms. The summed E-state index contributed by atoms with van der Waals surface area (Å²) in [5.41, 5.74) is 0.315. The number of hydrogen-bond donors (Lipinski definition) is 0. The molecule has 0 aliphatic rings. The maximum Gasteiger partial charge on any atom is 0.265 e. The fourth-order valence-electron chi connectivity index (χ4n) is 1.96. The molecular formula is C15H13Cl2NO3S. The summed E-state index contributed by atoms with van der Waals surface area (Å²) in [6.07, 6.45) is 0. The lowest BCUT2D eigenvalue weighted by molar-refractivity contribution is -0.112. The molecule has 0 heterocycles. The standard InChI is InChI=1S/C15H13Cl2NO3S/c1-11(15(17)19)18(13-9-7-12(16)8-10-13)22(20,21)14-5-3-2-4-6-14/h2-11H,1H3. The molecule has 2 rings (SSSR count). The Bertz CT molecular complexity index is 761. The van der Waals surface area contributed by atoms with Gasteiger partial charge in [0.1, 0.15) is 6.04 Å². The zero-order chi connectivity index (χ0) is 16.3. The van der Waals surface area contributed by atoms with Gasteiger partial charge in [0.2, 0.25) is 5.24 Å². The monoisotopic (exact) mass is 357 g/mol. The van der Waals surface area contributed by atoms with Gasteiger partial charge in [0.15, 0.2) is 0 Å². The van der Waals surface area contributed by atoms with Crippen molar-refractivity contribution in [1.82, 2.24) is 0 Å². The van der Waals surface area contributed by atoms with E-state index in [1.54, 1.807) is 30.3 Å². The Labute approximate surface area is 139 Å². The number of sulfonamides is 1. The Kier molecular flexibility index (Phi) is 5.11. The molecule has 4 nitrogen and oxygen atoms in total. The first-order chi connectivity index (χ1) is 10.3. The Morgan fingerprint density at radius 3 is 2.09 bits per heavy atom. The molecule has 0 spiro atoms. The van der Waals surface area contributed by atoms with Crippen LogP contribution in [0.2, 0.25) is 5.02 Å². The number of hydrogen-bond acceptors (Lipinski definition) is 3. The number of halogens is 2. The van der Waals surface area contributed by atoms with E-state index in [4.69, 9.17) is 23.2 Å². The van der Waals surface area contributed by atoms with Crippen LogP contribution in [0.4, 0.5) is 5.69 Å². The maximum absolute atomic E-state index is 12.8. The molecule has 0 aliphatic carbocycles. The largest absolute Gasteiger partial charge is 0.279 e. The second-order valence-electron chi connectivity index (χ2n) is 4.57. The summed E-state index contributed by atoms with van der Waals surface area (Å²) in [6, 6.07) is 13.0. The van der Waals surface area contributed by atoms with Crippen LogP contribution in [0.3, 0.4) is 0 Å². The van der Waals surface area contributed by atoms with Crippen LogP contribution in [-0.4, -0.2) is 19.7 Å². The lowest BCUT2D eigenvalue weighted by Crippen LogP contribution is -2.42. The summed E-state index contributed by atoms with van der Waals surface area (Å²) in [5.74, 6) is 0. The normalized spacial score (nSPS) is 12.7. The predicted octanol–water partition coefficient (Wildman–Crippen LogP) is 3.69. The highest BCUT2D eigenvalue weighted by Gasteiger charge is 2.32. The van der Waals surface area contributed by atoms with Gasteiger partial charge in [-0.05, 0) is 54.9 Å². The Hall–Kier alpha value is -1.56. The average Bonchev–Trinajstić information content (AvgIpc) is 2.50. The van der Waals surface area contributed by atoms with Crippen molar-refractivity contribution >= 4 is 44.2 Å². The Morgan fingerprint density at radius 1 is 1.05 bits per heavy atom. The van der Waals surface area contributed by atoms with Gasteiger partial charge in [-0.1, -0.05) is 29.8 Å². The molecule has 0 aliphatic heterocycles. The first-order valence-corrected chi connectivity index (χ1v) is 8.58. The predicted molar refractivity (Wildman–Crippen MR) is 87.9 cm³/mol. The van der Waals surface area contributed by atoms with E-state index in [0.29, 0.717) is 10.7 Å². The van der Waals surface area contributed by atoms with E-state index in [1.165, 1.54) is 31.2 Å². The molecule has 1 unspecified atom stereocenters. The molecule has 0 bridgehead atoms. The van der Waals surface area contributed by atoms with Gasteiger partial charge >= 0.3 is 0 Å². The van der Waals surface area contributed by atoms with E-state index in [1.807, 2.05) is 0 Å². The van der Waals surface area contributed by atoms with Crippen molar-refractivity contribution in [3.63, 3.8) is 0 Å².